The average Bonchev–Trinajstić information content (AvgIpc) is 3.32. The van der Waals surface area contributed by atoms with E-state index < -0.39 is 52.8 Å². The van der Waals surface area contributed by atoms with Gasteiger partial charge in [-0.05, 0) is 52.3 Å². The van der Waals surface area contributed by atoms with Crippen molar-refractivity contribution in [3.05, 3.63) is 99.8 Å². The summed E-state index contributed by atoms with van der Waals surface area (Å²) in [5.41, 5.74) is 3.91. The zero-order valence-electron chi connectivity index (χ0n) is 21.2. The topological polar surface area (TPSA) is 132 Å². The number of nitrogens with zero attached hydrogens (tertiary/aromatic N) is 3. The van der Waals surface area contributed by atoms with Gasteiger partial charge in [0.05, 0.1) is 17.8 Å². The minimum Gasteiger partial charge on any atom is -0.478 e. The van der Waals surface area contributed by atoms with Crippen molar-refractivity contribution in [2.45, 2.75) is 25.2 Å². The van der Waals surface area contributed by atoms with Gasteiger partial charge in [0, 0.05) is 24.7 Å². The molecule has 1 unspecified atom stereocenters. The highest BCUT2D eigenvalue weighted by Gasteiger charge is 2.31. The molecule has 0 bridgehead atoms. The second kappa shape index (κ2) is 12.5. The van der Waals surface area contributed by atoms with Crippen molar-refractivity contribution in [1.29, 1.82) is 0 Å². The van der Waals surface area contributed by atoms with Crippen LogP contribution < -0.4 is 10.5 Å². The standard InChI is InChI=1S/C27H20BrF5N4O5/c28-23-22(14-4-6-15(7-5-14)27(31,32)33)36-25(42-23)19(41-18-9-8-17(29)20(21(18)30)24(34)38)10-12-37(26(39)40)13-16-3-1-2-11-35-16/h1-9,11,19H,10,12-13H2,(H2,34,38)(H,39,40). The van der Waals surface area contributed by atoms with Crippen LogP contribution in [-0.2, 0) is 12.7 Å². The molecule has 4 rings (SSSR count). The normalized spacial score (nSPS) is 12.1. The number of ether oxygens (including phenoxy) is 1. The van der Waals surface area contributed by atoms with Crippen LogP contribution >= 0.6 is 15.9 Å². The summed E-state index contributed by atoms with van der Waals surface area (Å²) in [6.45, 7) is -0.316. The van der Waals surface area contributed by atoms with Crippen molar-refractivity contribution in [3.8, 4) is 17.0 Å². The van der Waals surface area contributed by atoms with Gasteiger partial charge < -0.3 is 24.9 Å². The van der Waals surface area contributed by atoms with Crippen LogP contribution in [0.2, 0.25) is 0 Å². The summed E-state index contributed by atoms with van der Waals surface area (Å²) in [6, 6.07) is 10.7. The second-order valence-corrected chi connectivity index (χ2v) is 9.49. The summed E-state index contributed by atoms with van der Waals surface area (Å²) in [5, 5.41) is 9.73. The van der Waals surface area contributed by atoms with Crippen molar-refractivity contribution in [2.75, 3.05) is 6.54 Å². The van der Waals surface area contributed by atoms with Crippen LogP contribution in [0.1, 0.15) is 40.0 Å². The van der Waals surface area contributed by atoms with E-state index in [-0.39, 0.29) is 41.3 Å². The maximum absolute atomic E-state index is 15.0. The van der Waals surface area contributed by atoms with Crippen LogP contribution in [0.25, 0.3) is 11.3 Å². The first-order valence-electron chi connectivity index (χ1n) is 12.0. The highest BCUT2D eigenvalue weighted by atomic mass is 79.9. The lowest BCUT2D eigenvalue weighted by Crippen LogP contribution is -2.31. The Labute approximate surface area is 242 Å². The lowest BCUT2D eigenvalue weighted by molar-refractivity contribution is -0.137. The molecule has 0 aliphatic heterocycles. The average molecular weight is 655 g/mol. The number of amides is 2. The number of carbonyl (C=O) groups excluding carboxylic acids is 1. The molecule has 0 saturated heterocycles. The minimum atomic E-state index is -4.56. The van der Waals surface area contributed by atoms with E-state index in [1.807, 2.05) is 0 Å². The second-order valence-electron chi connectivity index (χ2n) is 8.77. The van der Waals surface area contributed by atoms with E-state index in [2.05, 4.69) is 25.9 Å². The van der Waals surface area contributed by atoms with Gasteiger partial charge in [-0.3, -0.25) is 9.78 Å². The summed E-state index contributed by atoms with van der Waals surface area (Å²) in [7, 11) is 0. The number of oxazole rings is 1. The fourth-order valence-corrected chi connectivity index (χ4v) is 4.37. The van der Waals surface area contributed by atoms with E-state index >= 15 is 4.39 Å². The molecule has 4 aromatic rings. The monoisotopic (exact) mass is 654 g/mol. The molecule has 15 heteroatoms. The lowest BCUT2D eigenvalue weighted by Gasteiger charge is -2.22. The molecule has 1 atom stereocenters. The highest BCUT2D eigenvalue weighted by molar-refractivity contribution is 9.10. The molecular formula is C27H20BrF5N4O5. The number of rotatable bonds is 10. The number of hydrogen-bond acceptors (Lipinski definition) is 6. The Kier molecular flexibility index (Phi) is 9.09. The van der Waals surface area contributed by atoms with Crippen LogP contribution in [0.3, 0.4) is 0 Å². The predicted octanol–water partition coefficient (Wildman–Crippen LogP) is 6.59. The van der Waals surface area contributed by atoms with E-state index in [1.165, 1.54) is 18.3 Å². The molecule has 0 fully saturated rings. The number of aromatic nitrogens is 2. The van der Waals surface area contributed by atoms with Gasteiger partial charge >= 0.3 is 12.3 Å². The third-order valence-corrected chi connectivity index (χ3v) is 6.48. The van der Waals surface area contributed by atoms with Crippen molar-refractivity contribution in [3.63, 3.8) is 0 Å². The Balaban J connectivity index is 1.68. The number of benzene rings is 2. The molecule has 42 heavy (non-hydrogen) atoms. The Morgan fingerprint density at radius 1 is 1.10 bits per heavy atom. The van der Waals surface area contributed by atoms with Gasteiger partial charge in [0.25, 0.3) is 5.91 Å². The number of pyridine rings is 1. The molecule has 9 nitrogen and oxygen atoms in total. The quantitative estimate of drug-likeness (QED) is 0.185. The van der Waals surface area contributed by atoms with Gasteiger partial charge in [0.15, 0.2) is 22.3 Å². The predicted molar refractivity (Wildman–Crippen MR) is 140 cm³/mol. The largest absolute Gasteiger partial charge is 0.478 e. The van der Waals surface area contributed by atoms with Crippen LogP contribution in [0, 0.1) is 11.6 Å². The lowest BCUT2D eigenvalue weighted by atomic mass is 10.1. The SMILES string of the molecule is NC(=O)c1c(F)ccc(OC(CCN(Cc2ccccn2)C(=O)O)c2nc(-c3ccc(C(F)(F)F)cc3)c(Br)o2)c1F. The van der Waals surface area contributed by atoms with E-state index in [9.17, 15) is 32.3 Å². The summed E-state index contributed by atoms with van der Waals surface area (Å²) in [5.74, 6) is -4.83. The molecule has 3 N–H and O–H groups in total. The third-order valence-electron chi connectivity index (χ3n) is 5.95. The summed E-state index contributed by atoms with van der Waals surface area (Å²) >= 11 is 3.16. The Morgan fingerprint density at radius 3 is 2.40 bits per heavy atom. The molecule has 0 aliphatic rings. The maximum atomic E-state index is 15.0. The van der Waals surface area contributed by atoms with Gasteiger partial charge in [0.2, 0.25) is 5.89 Å². The minimum absolute atomic E-state index is 0.00756. The van der Waals surface area contributed by atoms with E-state index in [0.29, 0.717) is 5.69 Å². The number of nitrogens with two attached hydrogens (primary N) is 1. The Morgan fingerprint density at radius 2 is 1.81 bits per heavy atom. The number of hydrogen-bond donors (Lipinski definition) is 2. The van der Waals surface area contributed by atoms with Gasteiger partial charge in [-0.1, -0.05) is 18.2 Å². The van der Waals surface area contributed by atoms with Crippen LogP contribution in [0.15, 0.2) is 69.9 Å². The number of carbonyl (C=O) groups is 2. The van der Waals surface area contributed by atoms with Gasteiger partial charge in [-0.25, -0.2) is 18.6 Å². The molecule has 2 aromatic heterocycles. The fraction of sp³-hybridized carbons (Fsp3) is 0.185. The number of halogens is 6. The third kappa shape index (κ3) is 7.02. The van der Waals surface area contributed by atoms with Crippen LogP contribution in [-0.4, -0.2) is 38.5 Å². The first kappa shape index (κ1) is 30.4. The van der Waals surface area contributed by atoms with Gasteiger partial charge in [-0.15, -0.1) is 0 Å². The zero-order chi connectivity index (χ0) is 30.6. The van der Waals surface area contributed by atoms with Crippen molar-refractivity contribution < 1.29 is 45.8 Å². The molecule has 0 spiro atoms. The van der Waals surface area contributed by atoms with Gasteiger partial charge in [-0.2, -0.15) is 13.2 Å². The molecule has 0 saturated carbocycles. The molecule has 2 aromatic carbocycles. The first-order chi connectivity index (χ1) is 19.8. The van der Waals surface area contributed by atoms with Crippen LogP contribution in [0.5, 0.6) is 5.75 Å². The number of alkyl halides is 3. The fourth-order valence-electron chi connectivity index (χ4n) is 3.89. The summed E-state index contributed by atoms with van der Waals surface area (Å²) in [4.78, 5) is 32.9. The van der Waals surface area contributed by atoms with E-state index in [0.717, 1.165) is 29.2 Å². The Bertz CT molecular complexity index is 1580. The highest BCUT2D eigenvalue weighted by Crippen LogP contribution is 2.36. The van der Waals surface area contributed by atoms with Gasteiger partial charge in [0.1, 0.15) is 17.1 Å². The summed E-state index contributed by atoms with van der Waals surface area (Å²) in [6.07, 6.45) is -5.89. The van der Waals surface area contributed by atoms with Crippen molar-refractivity contribution in [1.82, 2.24) is 14.9 Å². The first-order valence-corrected chi connectivity index (χ1v) is 12.8. The maximum Gasteiger partial charge on any atom is 0.416 e. The van der Waals surface area contributed by atoms with E-state index in [1.54, 1.807) is 18.2 Å². The molecular weight excluding hydrogens is 635 g/mol. The van der Waals surface area contributed by atoms with Crippen molar-refractivity contribution in [2.24, 2.45) is 5.73 Å². The number of carboxylic acid groups (broad SMARTS) is 1. The molecule has 220 valence electrons. The molecule has 0 radical (unpaired) electrons. The summed E-state index contributed by atoms with van der Waals surface area (Å²) < 4.78 is 79.5. The van der Waals surface area contributed by atoms with Crippen molar-refractivity contribution >= 4 is 27.9 Å². The molecule has 2 amide bonds. The molecule has 0 aliphatic carbocycles. The smallest absolute Gasteiger partial charge is 0.416 e. The number of primary amides is 1. The zero-order valence-corrected chi connectivity index (χ0v) is 22.8. The van der Waals surface area contributed by atoms with Crippen LogP contribution in [0.4, 0.5) is 26.7 Å². The molecule has 2 heterocycles. The van der Waals surface area contributed by atoms with E-state index in [4.69, 9.17) is 14.9 Å². The Hall–Kier alpha value is -4.53.